The van der Waals surface area contributed by atoms with Gasteiger partial charge in [0.05, 0.1) is 26.4 Å². The monoisotopic (exact) mass is 690 g/mol. The molecule has 43 heavy (non-hydrogen) atoms. The zero-order valence-corrected chi connectivity index (χ0v) is 32.1. The molecule has 0 rings (SSSR count). The van der Waals surface area contributed by atoms with E-state index in [4.69, 9.17) is 9.47 Å². The largest absolute Gasteiger partial charge is 4.00 e. The third-order valence-electron chi connectivity index (χ3n) is 7.68. The molecule has 7 heteroatoms. The van der Waals surface area contributed by atoms with E-state index in [0.29, 0.717) is 44.2 Å². The Labute approximate surface area is 288 Å². The maximum absolute atomic E-state index is 11.2. The van der Waals surface area contributed by atoms with Crippen molar-refractivity contribution in [1.29, 1.82) is 0 Å². The summed E-state index contributed by atoms with van der Waals surface area (Å²) in [4.78, 5) is 0. The fourth-order valence-electron chi connectivity index (χ4n) is 3.84. The third-order valence-corrected chi connectivity index (χ3v) is 7.68. The number of hydrogen-bond acceptors (Lipinski definition) is 6. The van der Waals surface area contributed by atoms with Crippen LogP contribution in [0.25, 0.3) is 0 Å². The summed E-state index contributed by atoms with van der Waals surface area (Å²) in [5, 5.41) is 42.3. The molecule has 3 unspecified atom stereocenters. The standard InChI is InChI=1S/C12H21O3.3C8H17O.Zr/c1-4-7-14-10-12(6-3,9-13)11-15-8-5-2;3*1-3-5-6-8(4-2)7-9;/h4-5H,1-2,6-11H2,3H3;3*8H,3-7H2,1-2H3;/q4*-1;+4. The van der Waals surface area contributed by atoms with Gasteiger partial charge in [-0.1, -0.05) is 155 Å². The molecule has 0 aromatic heterocycles. The predicted octanol–water partition coefficient (Wildman–Crippen LogP) is 5.84. The zero-order valence-electron chi connectivity index (χ0n) is 29.6. The van der Waals surface area contributed by atoms with Crippen molar-refractivity contribution >= 4 is 0 Å². The van der Waals surface area contributed by atoms with Crippen molar-refractivity contribution in [2.75, 3.05) is 52.9 Å². The van der Waals surface area contributed by atoms with E-state index in [1.54, 1.807) is 12.2 Å². The molecule has 0 spiro atoms. The van der Waals surface area contributed by atoms with Crippen molar-refractivity contribution < 1.29 is 56.1 Å². The molecule has 256 valence electrons. The second-order valence-corrected chi connectivity index (χ2v) is 11.4. The van der Waals surface area contributed by atoms with E-state index < -0.39 is 5.41 Å². The van der Waals surface area contributed by atoms with Gasteiger partial charge >= 0.3 is 26.2 Å². The van der Waals surface area contributed by atoms with Gasteiger partial charge in [0.2, 0.25) is 0 Å². The van der Waals surface area contributed by atoms with Gasteiger partial charge in [-0.05, 0) is 6.42 Å². The van der Waals surface area contributed by atoms with Gasteiger partial charge in [0, 0.05) is 5.41 Å². The first-order valence-corrected chi connectivity index (χ1v) is 17.0. The quantitative estimate of drug-likeness (QED) is 0.0880. The Hall–Kier alpha value is 0.123. The van der Waals surface area contributed by atoms with Crippen LogP contribution in [-0.2, 0) is 35.7 Å². The van der Waals surface area contributed by atoms with E-state index in [9.17, 15) is 20.4 Å². The number of hydrogen-bond donors (Lipinski definition) is 0. The first-order chi connectivity index (χ1) is 20.3. The molecule has 6 nitrogen and oxygen atoms in total. The van der Waals surface area contributed by atoms with Crippen LogP contribution < -0.4 is 20.4 Å². The average molecular weight is 692 g/mol. The fourth-order valence-corrected chi connectivity index (χ4v) is 3.84. The summed E-state index contributed by atoms with van der Waals surface area (Å²) in [6, 6.07) is 0. The third kappa shape index (κ3) is 38.2. The molecule has 3 atom stereocenters. The van der Waals surface area contributed by atoms with Crippen molar-refractivity contribution in [3.63, 3.8) is 0 Å². The molecule has 0 aromatic rings. The van der Waals surface area contributed by atoms with Gasteiger partial charge in [-0.3, -0.25) is 0 Å². The van der Waals surface area contributed by atoms with Gasteiger partial charge in [0.1, 0.15) is 0 Å². The molecule has 0 bridgehead atoms. The summed E-state index contributed by atoms with van der Waals surface area (Å²) < 4.78 is 10.7. The molecule has 0 aliphatic carbocycles. The van der Waals surface area contributed by atoms with Crippen LogP contribution in [0.15, 0.2) is 25.3 Å². The van der Waals surface area contributed by atoms with E-state index in [0.717, 1.165) is 44.9 Å². The number of ether oxygens (including phenoxy) is 2. The van der Waals surface area contributed by atoms with Crippen molar-refractivity contribution in [3.05, 3.63) is 25.3 Å². The van der Waals surface area contributed by atoms with Crippen LogP contribution in [0.1, 0.15) is 132 Å². The number of rotatable bonds is 25. The fraction of sp³-hybridized carbons (Fsp3) is 0.889. The summed E-state index contributed by atoms with van der Waals surface area (Å²) in [6.45, 7) is 23.9. The van der Waals surface area contributed by atoms with Crippen LogP contribution >= 0.6 is 0 Å². The molecule has 0 radical (unpaired) electrons. The number of unbranched alkanes of at least 4 members (excludes halogenated alkanes) is 3. The molecule has 0 aliphatic rings. The predicted molar refractivity (Wildman–Crippen MR) is 174 cm³/mol. The Morgan fingerprint density at radius 2 is 0.884 bits per heavy atom. The molecule has 0 aromatic carbocycles. The first-order valence-electron chi connectivity index (χ1n) is 17.0. The Kier molecular flexibility index (Phi) is 54.2. The van der Waals surface area contributed by atoms with Crippen LogP contribution in [0.3, 0.4) is 0 Å². The van der Waals surface area contributed by atoms with E-state index in [2.05, 4.69) is 54.7 Å². The minimum absolute atomic E-state index is 0. The first kappa shape index (κ1) is 52.6. The Morgan fingerprint density at radius 1 is 0.581 bits per heavy atom. The Morgan fingerprint density at radius 3 is 1.05 bits per heavy atom. The molecule has 0 saturated heterocycles. The summed E-state index contributed by atoms with van der Waals surface area (Å²) in [5.74, 6) is 1.35. The molecule has 0 heterocycles. The molecule has 0 aliphatic heterocycles. The summed E-state index contributed by atoms with van der Waals surface area (Å²) in [7, 11) is 0. The van der Waals surface area contributed by atoms with Crippen molar-refractivity contribution in [3.8, 4) is 0 Å². The van der Waals surface area contributed by atoms with Crippen LogP contribution in [0.5, 0.6) is 0 Å². The summed E-state index contributed by atoms with van der Waals surface area (Å²) >= 11 is 0. The zero-order chi connectivity index (χ0) is 32.9. The van der Waals surface area contributed by atoms with E-state index >= 15 is 0 Å². The SMILES string of the molecule is C=CCOCC(CC)(C[O-])COCC=C.CCCCC(CC)C[O-].CCCCC(CC)C[O-].CCCCC(CC)C[O-].[Zr+4]. The van der Waals surface area contributed by atoms with E-state index in [1.807, 2.05) is 6.92 Å². The van der Waals surface area contributed by atoms with Gasteiger partial charge in [-0.15, -0.1) is 39.6 Å². The molecular formula is C36H72O6Zr. The van der Waals surface area contributed by atoms with Crippen LogP contribution in [0.2, 0.25) is 0 Å². The normalized spacial score (nSPS) is 12.5. The van der Waals surface area contributed by atoms with Gasteiger partial charge in [-0.25, -0.2) is 0 Å². The topological polar surface area (TPSA) is 111 Å². The van der Waals surface area contributed by atoms with Crippen molar-refractivity contribution in [2.45, 2.75) is 132 Å². The minimum atomic E-state index is -0.411. The maximum Gasteiger partial charge on any atom is 4.00 e. The average Bonchev–Trinajstić information content (AvgIpc) is 3.03. The Bertz CT molecular complexity index is 436. The van der Waals surface area contributed by atoms with Crippen LogP contribution in [0.4, 0.5) is 0 Å². The van der Waals surface area contributed by atoms with Gasteiger partial charge in [-0.2, -0.15) is 0 Å². The van der Waals surface area contributed by atoms with Crippen LogP contribution in [0, 0.1) is 23.2 Å². The van der Waals surface area contributed by atoms with Gasteiger partial charge in [0.25, 0.3) is 0 Å². The van der Waals surface area contributed by atoms with Crippen molar-refractivity contribution in [1.82, 2.24) is 0 Å². The minimum Gasteiger partial charge on any atom is -0.854 e. The molecule has 0 saturated carbocycles. The maximum atomic E-state index is 11.2. The van der Waals surface area contributed by atoms with Crippen molar-refractivity contribution in [2.24, 2.45) is 23.2 Å². The van der Waals surface area contributed by atoms with Gasteiger partial charge < -0.3 is 29.9 Å². The van der Waals surface area contributed by atoms with E-state index in [1.165, 1.54) is 38.5 Å². The second kappa shape index (κ2) is 44.2. The molecule has 0 fully saturated rings. The second-order valence-electron chi connectivity index (χ2n) is 11.4. The Balaban J connectivity index is -0.000000153. The molecule has 0 amide bonds. The summed E-state index contributed by atoms with van der Waals surface area (Å²) in [5.41, 5.74) is -0.411. The molecule has 0 N–H and O–H groups in total. The van der Waals surface area contributed by atoms with E-state index in [-0.39, 0.29) is 52.6 Å². The van der Waals surface area contributed by atoms with Gasteiger partial charge in [0.15, 0.2) is 0 Å². The molecular weight excluding hydrogens is 620 g/mol. The summed E-state index contributed by atoms with van der Waals surface area (Å²) in [6.07, 6.45) is 18.0. The van der Waals surface area contributed by atoms with Crippen LogP contribution in [-0.4, -0.2) is 52.9 Å². The smallest absolute Gasteiger partial charge is 0.854 e.